The maximum absolute atomic E-state index is 15.0. The van der Waals surface area contributed by atoms with Gasteiger partial charge in [-0.2, -0.15) is 0 Å². The van der Waals surface area contributed by atoms with Crippen LogP contribution in [0.2, 0.25) is 0 Å². The summed E-state index contributed by atoms with van der Waals surface area (Å²) in [6.07, 6.45) is 0. The second-order valence-electron chi connectivity index (χ2n) is 28.1. The first-order valence-electron chi connectivity index (χ1n) is 31.1. The van der Waals surface area contributed by atoms with Gasteiger partial charge in [-0.1, -0.05) is 177 Å². The van der Waals surface area contributed by atoms with E-state index in [2.05, 4.69) is 201 Å². The van der Waals surface area contributed by atoms with Crippen LogP contribution in [0.15, 0.2) is 218 Å². The summed E-state index contributed by atoms with van der Waals surface area (Å²) in [7, 11) is 0. The van der Waals surface area contributed by atoms with Gasteiger partial charge in [-0.05, 0) is 275 Å². The van der Waals surface area contributed by atoms with Crippen molar-refractivity contribution in [2.45, 2.75) is 82.5 Å². The highest BCUT2D eigenvalue weighted by atomic mass is 19.1. The predicted octanol–water partition coefficient (Wildman–Crippen LogP) is 22.5. The normalized spacial score (nSPS) is 16.3. The Bertz CT molecular complexity index is 4600. The van der Waals surface area contributed by atoms with Crippen molar-refractivity contribution >= 4 is 0 Å². The summed E-state index contributed by atoms with van der Waals surface area (Å²) in [5.41, 5.74) is 33.1. The minimum absolute atomic E-state index is 0.230. The van der Waals surface area contributed by atoms with Crippen LogP contribution >= 0.6 is 0 Å². The lowest BCUT2D eigenvalue weighted by Gasteiger charge is -2.32. The van der Waals surface area contributed by atoms with Crippen molar-refractivity contribution in [3.63, 3.8) is 0 Å². The van der Waals surface area contributed by atoms with Crippen LogP contribution in [0.25, 0.3) is 111 Å². The van der Waals surface area contributed by atoms with Crippen molar-refractivity contribution in [1.82, 2.24) is 0 Å². The Balaban J connectivity index is 0.885. The lowest BCUT2D eigenvalue weighted by atomic mass is 9.69. The third kappa shape index (κ3) is 6.85. The van der Waals surface area contributed by atoms with Crippen LogP contribution in [-0.2, 0) is 27.1 Å². The molecule has 0 atom stereocenters. The van der Waals surface area contributed by atoms with E-state index in [0.717, 1.165) is 134 Å². The maximum atomic E-state index is 15.0. The van der Waals surface area contributed by atoms with E-state index in [1.54, 1.807) is 48.5 Å². The van der Waals surface area contributed by atoms with Crippen LogP contribution in [-0.4, -0.2) is 0 Å². The van der Waals surface area contributed by atoms with Gasteiger partial charge in [0.25, 0.3) is 0 Å². The van der Waals surface area contributed by atoms with Gasteiger partial charge in [0, 0.05) is 21.7 Å². The van der Waals surface area contributed by atoms with Crippen LogP contribution in [0, 0.1) is 23.3 Å². The summed E-state index contributed by atoms with van der Waals surface area (Å²) < 4.78 is 60.2. The Labute approximate surface area is 516 Å². The van der Waals surface area contributed by atoms with E-state index in [1.165, 1.54) is 44.5 Å². The van der Waals surface area contributed by atoms with Crippen LogP contribution in [0.1, 0.15) is 122 Å². The molecule has 0 saturated carbocycles. The van der Waals surface area contributed by atoms with Crippen molar-refractivity contribution < 1.29 is 17.6 Å². The van der Waals surface area contributed by atoms with E-state index >= 15 is 17.6 Å². The largest absolute Gasteiger partial charge is 0.207 e. The molecule has 0 fully saturated rings. The quantitative estimate of drug-likeness (QED) is 0.154. The second-order valence-corrected chi connectivity index (χ2v) is 28.1. The highest BCUT2D eigenvalue weighted by molar-refractivity contribution is 6.00. The van der Waals surface area contributed by atoms with Crippen LogP contribution in [0.4, 0.5) is 17.6 Å². The molecule has 12 aromatic carbocycles. The van der Waals surface area contributed by atoms with Crippen molar-refractivity contribution in [3.8, 4) is 111 Å². The zero-order chi connectivity index (χ0) is 60.7. The lowest BCUT2D eigenvalue weighted by Crippen LogP contribution is -2.26. The average molecular weight is 1160 g/mol. The SMILES string of the molecule is CC1(C)c2cc(F)ccc2-c2ccc(-c3ccc4c(c3)C3(c5cc(-c6ccc7c(c6)C(C)(C)c6cc(F)ccc6-7)ccc5-4)c4cc(-c5ccc6c(c5)C(C)(C)c5cc(F)ccc5-6)ccc4-c4ccc(-c5ccc6c(c5)C(C)(C)c5cc(F)ccc5-6)cc43)cc21. The van der Waals surface area contributed by atoms with Gasteiger partial charge in [0.15, 0.2) is 0 Å². The first kappa shape index (κ1) is 52.5. The first-order valence-corrected chi connectivity index (χ1v) is 31.1. The number of hydrogen-bond acceptors (Lipinski definition) is 0. The monoisotopic (exact) mass is 1160 g/mol. The van der Waals surface area contributed by atoms with Gasteiger partial charge in [0.1, 0.15) is 23.3 Å². The number of halogens is 4. The fourth-order valence-corrected chi connectivity index (χ4v) is 17.5. The molecule has 6 aliphatic carbocycles. The molecule has 0 amide bonds. The molecule has 0 unspecified atom stereocenters. The average Bonchev–Trinajstić information content (AvgIpc) is 1.52. The minimum Gasteiger partial charge on any atom is -0.207 e. The van der Waals surface area contributed by atoms with Gasteiger partial charge in [-0.15, -0.1) is 0 Å². The molecule has 89 heavy (non-hydrogen) atoms. The number of fused-ring (bicyclic) bond motifs is 22. The van der Waals surface area contributed by atoms with E-state index in [1.807, 2.05) is 24.3 Å². The zero-order valence-electron chi connectivity index (χ0n) is 50.8. The van der Waals surface area contributed by atoms with E-state index in [0.29, 0.717) is 0 Å². The number of benzene rings is 12. The number of hydrogen-bond donors (Lipinski definition) is 0. The van der Waals surface area contributed by atoms with Crippen LogP contribution in [0.5, 0.6) is 0 Å². The third-order valence-corrected chi connectivity index (χ3v) is 22.2. The summed E-state index contributed by atoms with van der Waals surface area (Å²) in [6, 6.07) is 76.3. The van der Waals surface area contributed by atoms with E-state index in [4.69, 9.17) is 0 Å². The van der Waals surface area contributed by atoms with Gasteiger partial charge in [0.2, 0.25) is 0 Å². The molecule has 0 N–H and O–H groups in total. The van der Waals surface area contributed by atoms with E-state index in [-0.39, 0.29) is 23.3 Å². The first-order chi connectivity index (χ1) is 42.7. The molecule has 0 bridgehead atoms. The fourth-order valence-electron chi connectivity index (χ4n) is 17.5. The smallest absolute Gasteiger partial charge is 0.123 e. The fraction of sp³-hybridized carbons (Fsp3) is 0.153. The molecule has 0 nitrogen and oxygen atoms in total. The Kier molecular flexibility index (Phi) is 10.2. The van der Waals surface area contributed by atoms with Gasteiger partial charge < -0.3 is 0 Å². The Hall–Kier alpha value is -9.64. The summed E-state index contributed by atoms with van der Waals surface area (Å²) in [5, 5.41) is 0. The summed E-state index contributed by atoms with van der Waals surface area (Å²) in [5.74, 6) is -0.919. The van der Waals surface area contributed by atoms with Crippen molar-refractivity contribution in [3.05, 3.63) is 308 Å². The number of rotatable bonds is 4. The zero-order valence-corrected chi connectivity index (χ0v) is 50.8. The van der Waals surface area contributed by atoms with E-state index < -0.39 is 27.1 Å². The highest BCUT2D eigenvalue weighted by Gasteiger charge is 2.53. The predicted molar refractivity (Wildman–Crippen MR) is 355 cm³/mol. The molecule has 18 rings (SSSR count). The highest BCUT2D eigenvalue weighted by Crippen LogP contribution is 2.65. The molecular formula is C85H60F4. The topological polar surface area (TPSA) is 0 Å². The second kappa shape index (κ2) is 17.4. The molecular weight excluding hydrogens is 1100 g/mol. The molecule has 6 aliphatic rings. The van der Waals surface area contributed by atoms with Crippen molar-refractivity contribution in [2.24, 2.45) is 0 Å². The summed E-state index contributed by atoms with van der Waals surface area (Å²) >= 11 is 0. The molecule has 0 aliphatic heterocycles. The molecule has 0 radical (unpaired) electrons. The Morgan fingerprint density at radius 2 is 0.303 bits per heavy atom. The minimum atomic E-state index is -0.853. The molecule has 428 valence electrons. The van der Waals surface area contributed by atoms with Gasteiger partial charge in [-0.25, -0.2) is 17.6 Å². The standard InChI is InChI=1S/C85H60F4/c1-81(2)69-33-45(9-21-57(69)61-29-17-53(86)41-73(61)81)49-13-25-65-66-26-14-50(46-10-22-58-62-30-18-54(87)42-74(62)82(3,4)70(58)34-46)38-78(66)85(77(65)37-49)79-39-51(47-11-23-59-63-31-19-55(88)43-75(63)83(5,6)71(59)35-47)15-27-67(79)68-28-16-52(40-80(68)85)48-12-24-60-64-32-20-56(89)44-76(64)84(7,8)72(60)36-48/h9-44H,1-8H3. The van der Waals surface area contributed by atoms with E-state index in [9.17, 15) is 0 Å². The van der Waals surface area contributed by atoms with Gasteiger partial charge in [-0.3, -0.25) is 0 Å². The van der Waals surface area contributed by atoms with Gasteiger partial charge >= 0.3 is 0 Å². The van der Waals surface area contributed by atoms with Crippen molar-refractivity contribution in [2.75, 3.05) is 0 Å². The Morgan fingerprint density at radius 3 is 0.483 bits per heavy atom. The van der Waals surface area contributed by atoms with Gasteiger partial charge in [0.05, 0.1) is 5.41 Å². The lowest BCUT2D eigenvalue weighted by molar-refractivity contribution is 0.609. The summed E-state index contributed by atoms with van der Waals surface area (Å²) in [4.78, 5) is 0. The molecule has 0 aromatic heterocycles. The van der Waals surface area contributed by atoms with Crippen LogP contribution in [0.3, 0.4) is 0 Å². The Morgan fingerprint density at radius 1 is 0.169 bits per heavy atom. The van der Waals surface area contributed by atoms with Crippen LogP contribution < -0.4 is 0 Å². The molecule has 0 heterocycles. The third-order valence-electron chi connectivity index (χ3n) is 22.2. The molecule has 1 spiro atoms. The molecule has 4 heteroatoms. The molecule has 12 aromatic rings. The molecule has 0 saturated heterocycles. The maximum Gasteiger partial charge on any atom is 0.123 e. The summed E-state index contributed by atoms with van der Waals surface area (Å²) in [6.45, 7) is 17.6. The van der Waals surface area contributed by atoms with Crippen molar-refractivity contribution in [1.29, 1.82) is 0 Å².